The van der Waals surface area contributed by atoms with Crippen LogP contribution in [0.1, 0.15) is 28.3 Å². The van der Waals surface area contributed by atoms with Crippen LogP contribution in [0, 0.1) is 0 Å². The zero-order chi connectivity index (χ0) is 14.2. The summed E-state index contributed by atoms with van der Waals surface area (Å²) in [5, 5.41) is 0. The van der Waals surface area contributed by atoms with Gasteiger partial charge in [-0.3, -0.25) is 9.59 Å². The van der Waals surface area contributed by atoms with Crippen LogP contribution < -0.4 is 9.47 Å². The van der Waals surface area contributed by atoms with Gasteiger partial charge in [0.1, 0.15) is 0 Å². The highest BCUT2D eigenvalue weighted by molar-refractivity contribution is 6.07. The number of hydrogen-bond acceptors (Lipinski definition) is 4. The van der Waals surface area contributed by atoms with Crippen LogP contribution in [0.3, 0.4) is 0 Å². The van der Waals surface area contributed by atoms with Gasteiger partial charge in [-0.2, -0.15) is 0 Å². The van der Waals surface area contributed by atoms with Gasteiger partial charge < -0.3 is 14.4 Å². The van der Waals surface area contributed by atoms with E-state index in [0.717, 1.165) is 0 Å². The Morgan fingerprint density at radius 2 is 1.95 bits per heavy atom. The van der Waals surface area contributed by atoms with Crippen molar-refractivity contribution in [2.45, 2.75) is 12.3 Å². The molecule has 5 heteroatoms. The number of rotatable bonds is 3. The molecule has 0 heterocycles. The maximum atomic E-state index is 12.2. The van der Waals surface area contributed by atoms with E-state index in [2.05, 4.69) is 0 Å². The van der Waals surface area contributed by atoms with Crippen LogP contribution in [0.2, 0.25) is 0 Å². The highest BCUT2D eigenvalue weighted by atomic mass is 16.5. The van der Waals surface area contributed by atoms with Crippen molar-refractivity contribution >= 4 is 11.7 Å². The third-order valence-electron chi connectivity index (χ3n) is 3.36. The predicted octanol–water partition coefficient (Wildman–Crippen LogP) is 1.46. The van der Waals surface area contributed by atoms with E-state index in [4.69, 9.17) is 9.47 Å². The molecular weight excluding hydrogens is 246 g/mol. The lowest BCUT2D eigenvalue weighted by atomic mass is 9.98. The van der Waals surface area contributed by atoms with Crippen molar-refractivity contribution in [3.63, 3.8) is 0 Å². The zero-order valence-corrected chi connectivity index (χ0v) is 11.5. The first-order chi connectivity index (χ1) is 9.01. The van der Waals surface area contributed by atoms with Crippen LogP contribution in [0.5, 0.6) is 11.5 Å². The Balaban J connectivity index is 2.60. The summed E-state index contributed by atoms with van der Waals surface area (Å²) in [6.07, 6.45) is 0.190. The Bertz CT molecular complexity index is 536. The molecule has 0 bridgehead atoms. The van der Waals surface area contributed by atoms with Crippen molar-refractivity contribution in [1.29, 1.82) is 0 Å². The lowest BCUT2D eigenvalue weighted by Gasteiger charge is -2.19. The number of carbonyl (C=O) groups is 2. The molecule has 0 aliphatic heterocycles. The number of carbonyl (C=O) groups excluding carboxylic acids is 2. The highest BCUT2D eigenvalue weighted by Gasteiger charge is 2.38. The number of fused-ring (bicyclic) bond motifs is 1. The van der Waals surface area contributed by atoms with Gasteiger partial charge in [0.25, 0.3) is 0 Å². The second-order valence-corrected chi connectivity index (χ2v) is 4.67. The van der Waals surface area contributed by atoms with Crippen molar-refractivity contribution in [3.05, 3.63) is 23.3 Å². The van der Waals surface area contributed by atoms with Gasteiger partial charge in [0.05, 0.1) is 20.1 Å². The predicted molar refractivity (Wildman–Crippen MR) is 69.9 cm³/mol. The molecule has 0 N–H and O–H groups in total. The van der Waals surface area contributed by atoms with Gasteiger partial charge in [0.15, 0.2) is 17.3 Å². The molecule has 1 aliphatic rings. The largest absolute Gasteiger partial charge is 0.493 e. The summed E-state index contributed by atoms with van der Waals surface area (Å²) >= 11 is 0. The van der Waals surface area contributed by atoms with Crippen LogP contribution in [-0.4, -0.2) is 44.9 Å². The van der Waals surface area contributed by atoms with Crippen LogP contribution >= 0.6 is 0 Å². The summed E-state index contributed by atoms with van der Waals surface area (Å²) in [5.74, 6) is 0.399. The topological polar surface area (TPSA) is 55.8 Å². The number of hydrogen-bond donors (Lipinski definition) is 0. The highest BCUT2D eigenvalue weighted by Crippen LogP contribution is 2.44. The normalized spacial score (nSPS) is 17.1. The minimum atomic E-state index is -0.484. The standard InChI is InChI=1S/C14H17NO4/c1-15(2)14(17)9-7-10(16)8-5-6-11(18-3)13(19-4)12(8)9/h5-6,9H,7H2,1-4H3. The molecule has 1 aliphatic carbocycles. The number of ketones is 1. The Kier molecular flexibility index (Phi) is 3.46. The number of amides is 1. The Labute approximate surface area is 112 Å². The van der Waals surface area contributed by atoms with Crippen molar-refractivity contribution in [2.75, 3.05) is 28.3 Å². The van der Waals surface area contributed by atoms with E-state index >= 15 is 0 Å². The van der Waals surface area contributed by atoms with E-state index in [1.165, 1.54) is 19.1 Å². The van der Waals surface area contributed by atoms with Crippen LogP contribution in [-0.2, 0) is 4.79 Å². The second-order valence-electron chi connectivity index (χ2n) is 4.67. The second kappa shape index (κ2) is 4.91. The summed E-state index contributed by atoms with van der Waals surface area (Å²) < 4.78 is 10.6. The van der Waals surface area contributed by atoms with E-state index in [9.17, 15) is 9.59 Å². The molecule has 0 saturated heterocycles. The van der Waals surface area contributed by atoms with Crippen LogP contribution in [0.15, 0.2) is 12.1 Å². The maximum Gasteiger partial charge on any atom is 0.230 e. The fourth-order valence-corrected chi connectivity index (χ4v) is 2.46. The van der Waals surface area contributed by atoms with Gasteiger partial charge in [0.2, 0.25) is 5.91 Å². The number of benzene rings is 1. The fraction of sp³-hybridized carbons (Fsp3) is 0.429. The summed E-state index contributed by atoms with van der Waals surface area (Å²) in [7, 11) is 6.40. The quantitative estimate of drug-likeness (QED) is 0.828. The first-order valence-corrected chi connectivity index (χ1v) is 6.00. The van der Waals surface area contributed by atoms with Crippen molar-refractivity contribution in [2.24, 2.45) is 0 Å². The van der Waals surface area contributed by atoms with Gasteiger partial charge in [0, 0.05) is 31.6 Å². The molecule has 0 saturated carbocycles. The van der Waals surface area contributed by atoms with E-state index in [0.29, 0.717) is 22.6 Å². The molecule has 2 rings (SSSR count). The molecule has 0 spiro atoms. The van der Waals surface area contributed by atoms with Crippen molar-refractivity contribution < 1.29 is 19.1 Å². The average molecular weight is 263 g/mol. The Morgan fingerprint density at radius 1 is 1.26 bits per heavy atom. The van der Waals surface area contributed by atoms with E-state index in [-0.39, 0.29) is 18.1 Å². The Morgan fingerprint density at radius 3 is 2.47 bits per heavy atom. The molecule has 0 radical (unpaired) electrons. The zero-order valence-electron chi connectivity index (χ0n) is 11.5. The van der Waals surface area contributed by atoms with Gasteiger partial charge in [-0.1, -0.05) is 0 Å². The Hall–Kier alpha value is -2.04. The monoisotopic (exact) mass is 263 g/mol. The molecule has 19 heavy (non-hydrogen) atoms. The van der Waals surface area contributed by atoms with Crippen molar-refractivity contribution in [1.82, 2.24) is 4.90 Å². The van der Waals surface area contributed by atoms with Crippen LogP contribution in [0.4, 0.5) is 0 Å². The molecule has 1 amide bonds. The lowest BCUT2D eigenvalue weighted by Crippen LogP contribution is -2.27. The molecule has 1 aromatic carbocycles. The molecule has 1 atom stereocenters. The lowest BCUT2D eigenvalue weighted by molar-refractivity contribution is -0.130. The average Bonchev–Trinajstić information content (AvgIpc) is 2.74. The van der Waals surface area contributed by atoms with E-state index in [1.54, 1.807) is 26.2 Å². The first-order valence-electron chi connectivity index (χ1n) is 6.00. The fourth-order valence-electron chi connectivity index (χ4n) is 2.46. The van der Waals surface area contributed by atoms with Gasteiger partial charge in [-0.05, 0) is 12.1 Å². The smallest absolute Gasteiger partial charge is 0.230 e. The molecule has 1 aromatic rings. The molecule has 5 nitrogen and oxygen atoms in total. The third-order valence-corrected chi connectivity index (χ3v) is 3.36. The number of Topliss-reactive ketones (excluding diaryl/α,β-unsaturated/α-hetero) is 1. The van der Waals surface area contributed by atoms with Gasteiger partial charge in [-0.15, -0.1) is 0 Å². The molecular formula is C14H17NO4. The number of ether oxygens (including phenoxy) is 2. The molecule has 0 aromatic heterocycles. The maximum absolute atomic E-state index is 12.2. The third kappa shape index (κ3) is 2.05. The van der Waals surface area contributed by atoms with E-state index in [1.807, 2.05) is 0 Å². The number of methoxy groups -OCH3 is 2. The molecule has 0 fully saturated rings. The number of nitrogens with zero attached hydrogens (tertiary/aromatic N) is 1. The summed E-state index contributed by atoms with van der Waals surface area (Å²) in [6.45, 7) is 0. The summed E-state index contributed by atoms with van der Waals surface area (Å²) in [5.41, 5.74) is 1.20. The van der Waals surface area contributed by atoms with Crippen LogP contribution in [0.25, 0.3) is 0 Å². The molecule has 102 valence electrons. The minimum absolute atomic E-state index is 0.0313. The number of likely N-dealkylation sites (N-methyl/N-ethyl adjacent to an activating group) is 1. The first kappa shape index (κ1) is 13.4. The SMILES string of the molecule is COc1ccc2c(c1OC)C(C(=O)N(C)C)CC2=O. The summed E-state index contributed by atoms with van der Waals surface area (Å²) in [6, 6.07) is 3.39. The van der Waals surface area contributed by atoms with E-state index < -0.39 is 5.92 Å². The van der Waals surface area contributed by atoms with Gasteiger partial charge >= 0.3 is 0 Å². The molecule has 1 unspecified atom stereocenters. The minimum Gasteiger partial charge on any atom is -0.493 e. The van der Waals surface area contributed by atoms with Crippen molar-refractivity contribution in [3.8, 4) is 11.5 Å². The summed E-state index contributed by atoms with van der Waals surface area (Å²) in [4.78, 5) is 25.7. The van der Waals surface area contributed by atoms with Gasteiger partial charge in [-0.25, -0.2) is 0 Å².